The van der Waals surface area contributed by atoms with Crippen molar-refractivity contribution in [2.75, 3.05) is 13.1 Å². The van der Waals surface area contributed by atoms with Crippen LogP contribution in [0.4, 0.5) is 0 Å². The van der Waals surface area contributed by atoms with Crippen molar-refractivity contribution < 1.29 is 9.90 Å². The molecule has 0 radical (unpaired) electrons. The smallest absolute Gasteiger partial charge is 0.330 e. The lowest BCUT2D eigenvalue weighted by atomic mass is 9.97. The van der Waals surface area contributed by atoms with Gasteiger partial charge in [-0.25, -0.2) is 9.78 Å². The van der Waals surface area contributed by atoms with E-state index in [2.05, 4.69) is 26.8 Å². The van der Waals surface area contributed by atoms with Crippen LogP contribution in [-0.4, -0.2) is 49.2 Å². The number of nitrogens with zero attached hydrogens (tertiary/aromatic N) is 4. The van der Waals surface area contributed by atoms with Crippen LogP contribution in [0.3, 0.4) is 0 Å². The molecular weight excluding hydrogens is 368 g/mol. The van der Waals surface area contributed by atoms with E-state index in [0.717, 1.165) is 42.8 Å². The Morgan fingerprint density at radius 3 is 2.41 bits per heavy atom. The first-order valence-corrected chi connectivity index (χ1v) is 10.6. The number of hydrogen-bond acceptors (Lipinski definition) is 4. The molecule has 7 nitrogen and oxygen atoms in total. The molecule has 4 rings (SSSR count). The Morgan fingerprint density at radius 2 is 1.86 bits per heavy atom. The first-order chi connectivity index (χ1) is 13.5. The summed E-state index contributed by atoms with van der Waals surface area (Å²) in [6, 6.07) is 4.12. The lowest BCUT2D eigenvalue weighted by molar-refractivity contribution is -0.138. The minimum Gasteiger partial charge on any atom is -0.384 e. The fourth-order valence-corrected chi connectivity index (χ4v) is 5.13. The topological polar surface area (TPSA) is 80.4 Å². The summed E-state index contributed by atoms with van der Waals surface area (Å²) < 4.78 is 3.48. The highest BCUT2D eigenvalue weighted by Gasteiger charge is 2.43. The third kappa shape index (κ3) is 3.61. The van der Waals surface area contributed by atoms with E-state index in [4.69, 9.17) is 4.98 Å². The molecule has 1 saturated heterocycles. The maximum Gasteiger partial charge on any atom is 0.330 e. The number of carbonyl (C=O) groups is 1. The molecule has 3 atom stereocenters. The van der Waals surface area contributed by atoms with Gasteiger partial charge in [0.2, 0.25) is 0 Å². The zero-order valence-electron chi connectivity index (χ0n) is 18.1. The fraction of sp³-hybridized carbons (Fsp3) is 0.682. The molecule has 1 amide bonds. The summed E-state index contributed by atoms with van der Waals surface area (Å²) in [5.74, 6) is 1.13. The Balaban J connectivity index is 1.56. The fourth-order valence-electron chi connectivity index (χ4n) is 5.13. The maximum absolute atomic E-state index is 12.7. The van der Waals surface area contributed by atoms with Crippen molar-refractivity contribution in [2.45, 2.75) is 59.1 Å². The normalized spacial score (nSPS) is 25.6. The number of aliphatic hydroxyl groups is 1. The van der Waals surface area contributed by atoms with Crippen molar-refractivity contribution in [3.8, 4) is 0 Å². The van der Waals surface area contributed by atoms with Crippen LogP contribution in [-0.2, 0) is 18.4 Å². The minimum absolute atomic E-state index is 0.00898. The van der Waals surface area contributed by atoms with Crippen LogP contribution in [0.15, 0.2) is 16.9 Å². The molecule has 1 aliphatic carbocycles. The molecule has 158 valence electrons. The van der Waals surface area contributed by atoms with Crippen molar-refractivity contribution in [1.82, 2.24) is 19.0 Å². The van der Waals surface area contributed by atoms with E-state index in [1.807, 2.05) is 15.5 Å². The Labute approximate surface area is 171 Å². The van der Waals surface area contributed by atoms with Gasteiger partial charge in [-0.15, -0.1) is 0 Å². The largest absolute Gasteiger partial charge is 0.384 e. The number of pyridine rings is 1. The number of aryl methyl sites for hydroxylation is 1. The van der Waals surface area contributed by atoms with Gasteiger partial charge in [0.25, 0.3) is 5.91 Å². The first kappa shape index (κ1) is 20.1. The van der Waals surface area contributed by atoms with Crippen LogP contribution in [0.2, 0.25) is 0 Å². The van der Waals surface area contributed by atoms with Crippen LogP contribution < -0.4 is 5.69 Å². The van der Waals surface area contributed by atoms with E-state index in [-0.39, 0.29) is 17.0 Å². The van der Waals surface area contributed by atoms with Gasteiger partial charge in [0.05, 0.1) is 5.52 Å². The van der Waals surface area contributed by atoms with E-state index in [1.54, 1.807) is 11.6 Å². The van der Waals surface area contributed by atoms with Gasteiger partial charge in [-0.3, -0.25) is 13.9 Å². The molecule has 3 unspecified atom stereocenters. The number of hydrogen-bond donors (Lipinski definition) is 1. The molecule has 2 aromatic rings. The first-order valence-electron chi connectivity index (χ1n) is 10.6. The minimum atomic E-state index is -0.924. The molecule has 29 heavy (non-hydrogen) atoms. The molecule has 3 heterocycles. The number of aliphatic hydroxyl groups excluding tert-OH is 1. The highest BCUT2D eigenvalue weighted by atomic mass is 16.3. The van der Waals surface area contributed by atoms with Crippen molar-refractivity contribution in [3.63, 3.8) is 0 Å². The van der Waals surface area contributed by atoms with Gasteiger partial charge in [0.15, 0.2) is 5.65 Å². The van der Waals surface area contributed by atoms with Gasteiger partial charge >= 0.3 is 5.69 Å². The highest BCUT2D eigenvalue weighted by Crippen LogP contribution is 2.46. The number of aromatic nitrogens is 3. The van der Waals surface area contributed by atoms with Crippen molar-refractivity contribution in [1.29, 1.82) is 0 Å². The monoisotopic (exact) mass is 400 g/mol. The molecule has 2 fully saturated rings. The number of rotatable bonds is 3. The number of fused-ring (bicyclic) bond motifs is 2. The average Bonchev–Trinajstić information content (AvgIpc) is 3.27. The van der Waals surface area contributed by atoms with Gasteiger partial charge in [-0.05, 0) is 49.1 Å². The summed E-state index contributed by atoms with van der Waals surface area (Å²) in [6.45, 7) is 10.0. The van der Waals surface area contributed by atoms with Gasteiger partial charge < -0.3 is 10.0 Å². The average molecular weight is 401 g/mol. The summed E-state index contributed by atoms with van der Waals surface area (Å²) >= 11 is 0. The van der Waals surface area contributed by atoms with Gasteiger partial charge in [-0.2, -0.15) is 0 Å². The second-order valence-electron chi connectivity index (χ2n) is 10.2. The Bertz CT molecular complexity index is 984. The van der Waals surface area contributed by atoms with Gasteiger partial charge in [0, 0.05) is 38.3 Å². The van der Waals surface area contributed by atoms with Crippen LogP contribution in [0.1, 0.15) is 52.1 Å². The second kappa shape index (κ2) is 6.97. The number of amides is 1. The molecule has 1 saturated carbocycles. The Morgan fingerprint density at radius 1 is 1.24 bits per heavy atom. The van der Waals surface area contributed by atoms with Crippen molar-refractivity contribution in [2.24, 2.45) is 24.3 Å². The zero-order chi connectivity index (χ0) is 21.1. The van der Waals surface area contributed by atoms with Gasteiger partial charge in [-0.1, -0.05) is 20.8 Å². The summed E-state index contributed by atoms with van der Waals surface area (Å²) in [7, 11) is 1.80. The quantitative estimate of drug-likeness (QED) is 0.856. The lowest BCUT2D eigenvalue weighted by Gasteiger charge is -2.20. The summed E-state index contributed by atoms with van der Waals surface area (Å²) in [6.07, 6.45) is 1.08. The maximum atomic E-state index is 12.7. The highest BCUT2D eigenvalue weighted by molar-refractivity contribution is 5.80. The second-order valence-corrected chi connectivity index (χ2v) is 10.2. The Hall–Kier alpha value is -2.15. The third-order valence-corrected chi connectivity index (χ3v) is 6.47. The summed E-state index contributed by atoms with van der Waals surface area (Å²) in [5.41, 5.74) is 2.68. The molecule has 2 aliphatic rings. The summed E-state index contributed by atoms with van der Waals surface area (Å²) in [4.78, 5) is 31.5. The standard InChI is InChI=1S/C22H32N4O3/c1-13(27)20(28)25-10-15-8-14(9-16(15)11-25)17-6-7-18-19(23-17)24(5)21(29)26(18)12-22(2,3)4/h6-7,13-16,27H,8-12H2,1-5H3. The number of carbonyl (C=O) groups excluding carboxylic acids is 1. The lowest BCUT2D eigenvalue weighted by Crippen LogP contribution is -2.36. The SMILES string of the molecule is CC(O)C(=O)N1CC2CC(c3ccc4c(n3)n(C)c(=O)n4CC(C)(C)C)CC2C1. The Kier molecular flexibility index (Phi) is 4.84. The van der Waals surface area contributed by atoms with Crippen LogP contribution in [0, 0.1) is 17.3 Å². The van der Waals surface area contributed by atoms with Crippen LogP contribution in [0.25, 0.3) is 11.2 Å². The van der Waals surface area contributed by atoms with Crippen LogP contribution >= 0.6 is 0 Å². The predicted octanol–water partition coefficient (Wildman–Crippen LogP) is 2.11. The third-order valence-electron chi connectivity index (χ3n) is 6.47. The van der Waals surface area contributed by atoms with E-state index in [1.165, 1.54) is 6.92 Å². The zero-order valence-corrected chi connectivity index (χ0v) is 18.1. The molecule has 0 spiro atoms. The van der Waals surface area contributed by atoms with Crippen LogP contribution in [0.5, 0.6) is 0 Å². The summed E-state index contributed by atoms with van der Waals surface area (Å²) in [5, 5.41) is 9.57. The molecule has 0 aromatic carbocycles. The number of imidazole rings is 1. The van der Waals surface area contributed by atoms with Crippen molar-refractivity contribution >= 4 is 17.1 Å². The molecule has 1 N–H and O–H groups in total. The van der Waals surface area contributed by atoms with E-state index in [9.17, 15) is 14.7 Å². The van der Waals surface area contributed by atoms with Gasteiger partial charge in [0.1, 0.15) is 6.10 Å². The molecule has 0 bridgehead atoms. The van der Waals surface area contributed by atoms with E-state index < -0.39 is 6.10 Å². The number of likely N-dealkylation sites (tertiary alicyclic amines) is 1. The predicted molar refractivity (Wildman–Crippen MR) is 112 cm³/mol. The molecule has 2 aromatic heterocycles. The van der Waals surface area contributed by atoms with E-state index in [0.29, 0.717) is 24.3 Å². The van der Waals surface area contributed by atoms with E-state index >= 15 is 0 Å². The molecular formula is C22H32N4O3. The molecule has 1 aliphatic heterocycles. The molecule has 7 heteroatoms. The van der Waals surface area contributed by atoms with Crippen molar-refractivity contribution in [3.05, 3.63) is 28.3 Å².